The maximum Gasteiger partial charge on any atom is 0.0991 e. The highest BCUT2D eigenvalue weighted by atomic mass is 15.1. The van der Waals surface area contributed by atoms with Gasteiger partial charge in [0.25, 0.3) is 0 Å². The minimum atomic E-state index is 0.467. The third-order valence-electron chi connectivity index (χ3n) is 2.59. The van der Waals surface area contributed by atoms with Crippen molar-refractivity contribution in [3.63, 3.8) is 0 Å². The minimum absolute atomic E-state index is 0.467. The molecule has 3 heteroatoms. The van der Waals surface area contributed by atoms with Gasteiger partial charge in [0.15, 0.2) is 0 Å². The van der Waals surface area contributed by atoms with E-state index < -0.39 is 0 Å². The summed E-state index contributed by atoms with van der Waals surface area (Å²) in [5.41, 5.74) is 7.47. The van der Waals surface area contributed by atoms with E-state index in [1.807, 2.05) is 24.3 Å². The third-order valence-corrected chi connectivity index (χ3v) is 2.59. The molecule has 2 N–H and O–H groups in total. The van der Waals surface area contributed by atoms with Gasteiger partial charge in [-0.1, -0.05) is 12.1 Å². The van der Waals surface area contributed by atoms with Crippen molar-refractivity contribution in [3.05, 3.63) is 35.4 Å². The fourth-order valence-electron chi connectivity index (χ4n) is 1.66. The van der Waals surface area contributed by atoms with E-state index in [0.717, 1.165) is 13.1 Å². The largest absolute Gasteiger partial charge is 0.329 e. The summed E-state index contributed by atoms with van der Waals surface area (Å²) in [7, 11) is 0. The Balaban J connectivity index is 2.73. The molecule has 1 rings (SSSR count). The molecule has 0 saturated carbocycles. The summed E-state index contributed by atoms with van der Waals surface area (Å²) < 4.78 is 0. The predicted octanol–water partition coefficient (Wildman–Crippen LogP) is 1.73. The Morgan fingerprint density at radius 3 is 2.75 bits per heavy atom. The first-order valence-electron chi connectivity index (χ1n) is 5.60. The predicted molar refractivity (Wildman–Crippen MR) is 65.8 cm³/mol. The molecule has 0 spiro atoms. The summed E-state index contributed by atoms with van der Waals surface area (Å²) in [6.45, 7) is 6.71. The van der Waals surface area contributed by atoms with Crippen LogP contribution in [0.5, 0.6) is 0 Å². The standard InChI is InChI=1S/C13H19N3/c1-11(2)16(7-6-14)10-13-5-3-4-12(8-13)9-15/h3-5,8,11H,6-7,10,14H2,1-2H3. The number of nitrogens with zero attached hydrogens (tertiary/aromatic N) is 2. The summed E-state index contributed by atoms with van der Waals surface area (Å²) in [6, 6.07) is 10.4. The average molecular weight is 217 g/mol. The molecule has 1 aromatic rings. The first-order chi connectivity index (χ1) is 7.67. The second kappa shape index (κ2) is 6.26. The van der Waals surface area contributed by atoms with E-state index in [1.54, 1.807) is 0 Å². The van der Waals surface area contributed by atoms with Crippen LogP contribution in [0.15, 0.2) is 24.3 Å². The lowest BCUT2D eigenvalue weighted by atomic mass is 10.1. The Morgan fingerprint density at radius 1 is 1.44 bits per heavy atom. The molecular weight excluding hydrogens is 198 g/mol. The van der Waals surface area contributed by atoms with E-state index in [9.17, 15) is 0 Å². The van der Waals surface area contributed by atoms with Crippen LogP contribution >= 0.6 is 0 Å². The highest BCUT2D eigenvalue weighted by Crippen LogP contribution is 2.09. The molecule has 86 valence electrons. The summed E-state index contributed by atoms with van der Waals surface area (Å²) in [5, 5.41) is 8.83. The Morgan fingerprint density at radius 2 is 2.19 bits per heavy atom. The Hall–Kier alpha value is -1.37. The Labute approximate surface area is 97.5 Å². The van der Waals surface area contributed by atoms with E-state index >= 15 is 0 Å². The topological polar surface area (TPSA) is 53.0 Å². The minimum Gasteiger partial charge on any atom is -0.329 e. The number of rotatable bonds is 5. The van der Waals surface area contributed by atoms with Gasteiger partial charge in [0.2, 0.25) is 0 Å². The van der Waals surface area contributed by atoms with Crippen molar-refractivity contribution >= 4 is 0 Å². The maximum atomic E-state index is 8.83. The molecule has 0 atom stereocenters. The van der Waals surface area contributed by atoms with Gasteiger partial charge in [-0.15, -0.1) is 0 Å². The van der Waals surface area contributed by atoms with Crippen molar-refractivity contribution in [1.29, 1.82) is 5.26 Å². The molecule has 0 radical (unpaired) electrons. The Bertz CT molecular complexity index is 366. The SMILES string of the molecule is CC(C)N(CCN)Cc1cccc(C#N)c1. The van der Waals surface area contributed by atoms with Crippen molar-refractivity contribution in [1.82, 2.24) is 4.90 Å². The van der Waals surface area contributed by atoms with Crippen LogP contribution in [-0.4, -0.2) is 24.0 Å². The van der Waals surface area contributed by atoms with Gasteiger partial charge in [-0.25, -0.2) is 0 Å². The zero-order valence-corrected chi connectivity index (χ0v) is 9.98. The summed E-state index contributed by atoms with van der Waals surface area (Å²) >= 11 is 0. The van der Waals surface area contributed by atoms with Gasteiger partial charge in [0, 0.05) is 25.7 Å². The molecule has 0 unspecified atom stereocenters. The number of nitrogens with two attached hydrogens (primary N) is 1. The molecule has 3 nitrogen and oxygen atoms in total. The van der Waals surface area contributed by atoms with Crippen molar-refractivity contribution in [2.45, 2.75) is 26.4 Å². The van der Waals surface area contributed by atoms with E-state index in [-0.39, 0.29) is 0 Å². The van der Waals surface area contributed by atoms with Gasteiger partial charge in [0.1, 0.15) is 0 Å². The van der Waals surface area contributed by atoms with Gasteiger partial charge >= 0.3 is 0 Å². The smallest absolute Gasteiger partial charge is 0.0991 e. The van der Waals surface area contributed by atoms with Crippen molar-refractivity contribution in [3.8, 4) is 6.07 Å². The van der Waals surface area contributed by atoms with E-state index in [4.69, 9.17) is 11.0 Å². The zero-order chi connectivity index (χ0) is 12.0. The van der Waals surface area contributed by atoms with Crippen LogP contribution in [0, 0.1) is 11.3 Å². The molecule has 0 heterocycles. The number of nitriles is 1. The lowest BCUT2D eigenvalue weighted by Crippen LogP contribution is -2.34. The summed E-state index contributed by atoms with van der Waals surface area (Å²) in [6.07, 6.45) is 0. The molecule has 16 heavy (non-hydrogen) atoms. The van der Waals surface area contributed by atoms with Crippen LogP contribution in [-0.2, 0) is 6.54 Å². The molecule has 0 amide bonds. The maximum absolute atomic E-state index is 8.83. The average Bonchev–Trinajstić information content (AvgIpc) is 2.28. The van der Waals surface area contributed by atoms with Crippen LogP contribution in [0.3, 0.4) is 0 Å². The lowest BCUT2D eigenvalue weighted by molar-refractivity contribution is 0.219. The van der Waals surface area contributed by atoms with E-state index in [2.05, 4.69) is 24.8 Å². The van der Waals surface area contributed by atoms with Crippen molar-refractivity contribution < 1.29 is 0 Å². The monoisotopic (exact) mass is 217 g/mol. The second-order valence-corrected chi connectivity index (χ2v) is 4.17. The molecule has 0 saturated heterocycles. The molecule has 0 aliphatic carbocycles. The summed E-state index contributed by atoms with van der Waals surface area (Å²) in [4.78, 5) is 2.30. The van der Waals surface area contributed by atoms with Crippen LogP contribution < -0.4 is 5.73 Å². The van der Waals surface area contributed by atoms with E-state index in [0.29, 0.717) is 18.2 Å². The van der Waals surface area contributed by atoms with Gasteiger partial charge in [-0.05, 0) is 31.5 Å². The Kier molecular flexibility index (Phi) is 4.97. The lowest BCUT2D eigenvalue weighted by Gasteiger charge is -2.25. The highest BCUT2D eigenvalue weighted by Gasteiger charge is 2.09. The molecule has 0 aliphatic rings. The second-order valence-electron chi connectivity index (χ2n) is 4.17. The molecule has 0 aliphatic heterocycles. The normalized spacial score (nSPS) is 10.8. The van der Waals surface area contributed by atoms with Crippen LogP contribution in [0.1, 0.15) is 25.0 Å². The third kappa shape index (κ3) is 3.65. The van der Waals surface area contributed by atoms with Gasteiger partial charge < -0.3 is 5.73 Å². The van der Waals surface area contributed by atoms with Crippen molar-refractivity contribution in [2.75, 3.05) is 13.1 Å². The van der Waals surface area contributed by atoms with Crippen LogP contribution in [0.2, 0.25) is 0 Å². The number of hydrogen-bond acceptors (Lipinski definition) is 3. The van der Waals surface area contributed by atoms with E-state index in [1.165, 1.54) is 5.56 Å². The number of hydrogen-bond donors (Lipinski definition) is 1. The fraction of sp³-hybridized carbons (Fsp3) is 0.462. The molecule has 0 fully saturated rings. The summed E-state index contributed by atoms with van der Waals surface area (Å²) in [5.74, 6) is 0. The quantitative estimate of drug-likeness (QED) is 0.817. The highest BCUT2D eigenvalue weighted by molar-refractivity contribution is 5.32. The van der Waals surface area contributed by atoms with Gasteiger partial charge in [0.05, 0.1) is 11.6 Å². The molecule has 0 aromatic heterocycles. The fourth-order valence-corrected chi connectivity index (χ4v) is 1.66. The van der Waals surface area contributed by atoms with Gasteiger partial charge in [-0.3, -0.25) is 4.90 Å². The molecular formula is C13H19N3. The molecule has 0 bridgehead atoms. The van der Waals surface area contributed by atoms with Gasteiger partial charge in [-0.2, -0.15) is 5.26 Å². The van der Waals surface area contributed by atoms with Crippen LogP contribution in [0.25, 0.3) is 0 Å². The first-order valence-corrected chi connectivity index (χ1v) is 5.60. The van der Waals surface area contributed by atoms with Crippen molar-refractivity contribution in [2.24, 2.45) is 5.73 Å². The first kappa shape index (κ1) is 12.7. The zero-order valence-electron chi connectivity index (χ0n) is 9.98. The number of benzene rings is 1. The molecule has 1 aromatic carbocycles. The van der Waals surface area contributed by atoms with Crippen LogP contribution in [0.4, 0.5) is 0 Å².